The molecule has 2 heteroatoms. The van der Waals surface area contributed by atoms with Gasteiger partial charge in [-0.1, -0.05) is 6.07 Å². The van der Waals surface area contributed by atoms with Gasteiger partial charge in [-0.05, 0) is 43.1 Å². The van der Waals surface area contributed by atoms with Crippen molar-refractivity contribution < 1.29 is 0 Å². The highest BCUT2D eigenvalue weighted by atomic mass is 32.1. The van der Waals surface area contributed by atoms with Crippen molar-refractivity contribution in [1.82, 2.24) is 5.32 Å². The molecule has 1 aromatic carbocycles. The standard InChI is InChI=1S/C11H13NS/c1-8-5-10-6-9(7-12-2)3-4-11(10)13-8/h3-6,12H,7H2,1-2H3. The first-order valence-corrected chi connectivity index (χ1v) is 5.25. The van der Waals surface area contributed by atoms with Crippen LogP contribution in [-0.4, -0.2) is 7.05 Å². The van der Waals surface area contributed by atoms with E-state index in [1.807, 2.05) is 18.4 Å². The number of aryl methyl sites for hydroxylation is 1. The zero-order valence-electron chi connectivity index (χ0n) is 7.92. The van der Waals surface area contributed by atoms with Gasteiger partial charge >= 0.3 is 0 Å². The monoisotopic (exact) mass is 191 g/mol. The Morgan fingerprint density at radius 2 is 2.15 bits per heavy atom. The van der Waals surface area contributed by atoms with Crippen molar-refractivity contribution in [3.63, 3.8) is 0 Å². The summed E-state index contributed by atoms with van der Waals surface area (Å²) < 4.78 is 1.39. The topological polar surface area (TPSA) is 12.0 Å². The van der Waals surface area contributed by atoms with Crippen molar-refractivity contribution in [2.75, 3.05) is 7.05 Å². The van der Waals surface area contributed by atoms with Crippen LogP contribution in [0.15, 0.2) is 24.3 Å². The van der Waals surface area contributed by atoms with E-state index in [0.29, 0.717) is 0 Å². The van der Waals surface area contributed by atoms with Gasteiger partial charge in [0.2, 0.25) is 0 Å². The summed E-state index contributed by atoms with van der Waals surface area (Å²) in [6, 6.07) is 8.91. The summed E-state index contributed by atoms with van der Waals surface area (Å²) in [7, 11) is 1.98. The number of nitrogens with one attached hydrogen (secondary N) is 1. The predicted octanol–water partition coefficient (Wildman–Crippen LogP) is 2.93. The van der Waals surface area contributed by atoms with E-state index in [1.54, 1.807) is 0 Å². The van der Waals surface area contributed by atoms with Crippen LogP contribution in [0.4, 0.5) is 0 Å². The Labute approximate surface area is 82.4 Å². The van der Waals surface area contributed by atoms with Gasteiger partial charge in [0.1, 0.15) is 0 Å². The molecule has 0 saturated carbocycles. The molecular formula is C11H13NS. The van der Waals surface area contributed by atoms with E-state index in [1.165, 1.54) is 20.5 Å². The van der Waals surface area contributed by atoms with Crippen LogP contribution in [-0.2, 0) is 6.54 Å². The molecule has 0 fully saturated rings. The van der Waals surface area contributed by atoms with Crippen molar-refractivity contribution in [1.29, 1.82) is 0 Å². The smallest absolute Gasteiger partial charge is 0.0345 e. The molecule has 0 aliphatic heterocycles. The maximum atomic E-state index is 3.16. The second-order valence-corrected chi connectivity index (χ2v) is 4.55. The van der Waals surface area contributed by atoms with Gasteiger partial charge in [0, 0.05) is 16.1 Å². The zero-order valence-corrected chi connectivity index (χ0v) is 8.74. The lowest BCUT2D eigenvalue weighted by molar-refractivity contribution is 0.819. The van der Waals surface area contributed by atoms with Crippen LogP contribution in [0.25, 0.3) is 10.1 Å². The number of thiophene rings is 1. The Morgan fingerprint density at radius 1 is 1.31 bits per heavy atom. The molecule has 1 aromatic heterocycles. The first-order valence-electron chi connectivity index (χ1n) is 4.43. The van der Waals surface area contributed by atoms with E-state index in [2.05, 4.69) is 36.5 Å². The van der Waals surface area contributed by atoms with E-state index in [9.17, 15) is 0 Å². The van der Waals surface area contributed by atoms with Gasteiger partial charge in [-0.25, -0.2) is 0 Å². The average molecular weight is 191 g/mol. The molecule has 0 saturated heterocycles. The maximum Gasteiger partial charge on any atom is 0.0345 e. The van der Waals surface area contributed by atoms with E-state index in [4.69, 9.17) is 0 Å². The third-order valence-corrected chi connectivity index (χ3v) is 3.12. The molecule has 2 aromatic rings. The van der Waals surface area contributed by atoms with Gasteiger partial charge in [-0.15, -0.1) is 11.3 Å². The fraction of sp³-hybridized carbons (Fsp3) is 0.273. The van der Waals surface area contributed by atoms with Gasteiger partial charge in [-0.3, -0.25) is 0 Å². The summed E-state index contributed by atoms with van der Waals surface area (Å²) in [6.07, 6.45) is 0. The van der Waals surface area contributed by atoms with Crippen LogP contribution < -0.4 is 5.32 Å². The Morgan fingerprint density at radius 3 is 2.92 bits per heavy atom. The molecular weight excluding hydrogens is 178 g/mol. The summed E-state index contributed by atoms with van der Waals surface area (Å²) >= 11 is 1.86. The lowest BCUT2D eigenvalue weighted by Gasteiger charge is -1.98. The van der Waals surface area contributed by atoms with E-state index >= 15 is 0 Å². The molecule has 13 heavy (non-hydrogen) atoms. The zero-order chi connectivity index (χ0) is 9.26. The van der Waals surface area contributed by atoms with Crippen molar-refractivity contribution in [2.45, 2.75) is 13.5 Å². The first kappa shape index (κ1) is 8.73. The molecule has 0 unspecified atom stereocenters. The molecule has 1 N–H and O–H groups in total. The Bertz CT molecular complexity index is 417. The second-order valence-electron chi connectivity index (χ2n) is 3.26. The number of fused-ring (bicyclic) bond motifs is 1. The summed E-state index contributed by atoms with van der Waals surface area (Å²) in [6.45, 7) is 3.10. The van der Waals surface area contributed by atoms with E-state index < -0.39 is 0 Å². The third-order valence-electron chi connectivity index (χ3n) is 2.08. The molecule has 0 bridgehead atoms. The minimum absolute atomic E-state index is 0.949. The minimum Gasteiger partial charge on any atom is -0.316 e. The van der Waals surface area contributed by atoms with E-state index in [-0.39, 0.29) is 0 Å². The molecule has 1 heterocycles. The molecule has 0 radical (unpaired) electrons. The number of hydrogen-bond donors (Lipinski definition) is 1. The fourth-order valence-electron chi connectivity index (χ4n) is 1.54. The van der Waals surface area contributed by atoms with Crippen LogP contribution in [0.1, 0.15) is 10.4 Å². The molecule has 0 amide bonds. The molecule has 2 rings (SSSR count). The van der Waals surface area contributed by atoms with Gasteiger partial charge in [0.25, 0.3) is 0 Å². The van der Waals surface area contributed by atoms with Gasteiger partial charge in [-0.2, -0.15) is 0 Å². The first-order chi connectivity index (χ1) is 6.29. The minimum atomic E-state index is 0.949. The Balaban J connectivity index is 2.48. The number of hydrogen-bond acceptors (Lipinski definition) is 2. The van der Waals surface area contributed by atoms with Gasteiger partial charge in [0.15, 0.2) is 0 Å². The van der Waals surface area contributed by atoms with Crippen molar-refractivity contribution in [2.24, 2.45) is 0 Å². The molecule has 0 atom stereocenters. The van der Waals surface area contributed by atoms with Gasteiger partial charge in [0.05, 0.1) is 0 Å². The van der Waals surface area contributed by atoms with Crippen molar-refractivity contribution in [3.05, 3.63) is 34.7 Å². The molecule has 68 valence electrons. The predicted molar refractivity (Wildman–Crippen MR) is 59.3 cm³/mol. The summed E-state index contributed by atoms with van der Waals surface area (Å²) in [5.74, 6) is 0. The Hall–Kier alpha value is -0.860. The van der Waals surface area contributed by atoms with Crippen molar-refractivity contribution in [3.8, 4) is 0 Å². The highest BCUT2D eigenvalue weighted by Crippen LogP contribution is 2.25. The average Bonchev–Trinajstić information content (AvgIpc) is 2.44. The van der Waals surface area contributed by atoms with Crippen LogP contribution >= 0.6 is 11.3 Å². The summed E-state index contributed by atoms with van der Waals surface area (Å²) in [5.41, 5.74) is 1.35. The quantitative estimate of drug-likeness (QED) is 0.769. The molecule has 0 aliphatic carbocycles. The van der Waals surface area contributed by atoms with Crippen LogP contribution in [0.2, 0.25) is 0 Å². The van der Waals surface area contributed by atoms with Gasteiger partial charge < -0.3 is 5.32 Å². The van der Waals surface area contributed by atoms with Crippen LogP contribution in [0, 0.1) is 6.92 Å². The SMILES string of the molecule is CNCc1ccc2sc(C)cc2c1. The molecule has 0 spiro atoms. The number of rotatable bonds is 2. The normalized spacial score (nSPS) is 10.9. The van der Waals surface area contributed by atoms with E-state index in [0.717, 1.165) is 6.54 Å². The van der Waals surface area contributed by atoms with Crippen LogP contribution in [0.3, 0.4) is 0 Å². The lowest BCUT2D eigenvalue weighted by Crippen LogP contribution is -2.04. The van der Waals surface area contributed by atoms with Crippen LogP contribution in [0.5, 0.6) is 0 Å². The highest BCUT2D eigenvalue weighted by Gasteiger charge is 1.98. The Kier molecular flexibility index (Phi) is 2.34. The maximum absolute atomic E-state index is 3.16. The summed E-state index contributed by atoms with van der Waals surface area (Å²) in [4.78, 5) is 1.39. The molecule has 0 aliphatic rings. The highest BCUT2D eigenvalue weighted by molar-refractivity contribution is 7.19. The van der Waals surface area contributed by atoms with Crippen molar-refractivity contribution >= 4 is 21.4 Å². The molecule has 1 nitrogen and oxygen atoms in total. The fourth-order valence-corrected chi connectivity index (χ4v) is 2.44. The second kappa shape index (κ2) is 3.48. The summed E-state index contributed by atoms with van der Waals surface area (Å²) in [5, 5.41) is 4.53. The largest absolute Gasteiger partial charge is 0.316 e. The third kappa shape index (κ3) is 1.74. The number of benzene rings is 1. The lowest BCUT2D eigenvalue weighted by atomic mass is 10.1.